The predicted molar refractivity (Wildman–Crippen MR) is 115 cm³/mol. The van der Waals surface area contributed by atoms with Crippen LogP contribution in [-0.4, -0.2) is 34.0 Å². The molecule has 0 unspecified atom stereocenters. The summed E-state index contributed by atoms with van der Waals surface area (Å²) < 4.78 is 5.29. The summed E-state index contributed by atoms with van der Waals surface area (Å²) in [7, 11) is 0. The third kappa shape index (κ3) is 5.76. The van der Waals surface area contributed by atoms with Crippen LogP contribution in [0.5, 0.6) is 0 Å². The molecule has 0 aliphatic carbocycles. The van der Waals surface area contributed by atoms with E-state index in [1.165, 1.54) is 31.5 Å². The van der Waals surface area contributed by atoms with Crippen molar-refractivity contribution in [1.82, 2.24) is 20.4 Å². The van der Waals surface area contributed by atoms with Gasteiger partial charge in [-0.1, -0.05) is 59.8 Å². The molecule has 1 saturated heterocycles. The van der Waals surface area contributed by atoms with Gasteiger partial charge in [-0.3, -0.25) is 9.69 Å². The lowest BCUT2D eigenvalue weighted by atomic mass is 10.1. The van der Waals surface area contributed by atoms with Crippen LogP contribution in [0.25, 0.3) is 11.4 Å². The monoisotopic (exact) mass is 404 g/mol. The molecule has 4 rings (SSSR count). The zero-order chi connectivity index (χ0) is 20.6. The van der Waals surface area contributed by atoms with Gasteiger partial charge in [0.25, 0.3) is 0 Å². The van der Waals surface area contributed by atoms with Gasteiger partial charge in [-0.15, -0.1) is 0 Å². The third-order valence-corrected chi connectivity index (χ3v) is 5.41. The van der Waals surface area contributed by atoms with Gasteiger partial charge in [0.15, 0.2) is 0 Å². The van der Waals surface area contributed by atoms with Crippen LogP contribution in [0.1, 0.15) is 42.7 Å². The van der Waals surface area contributed by atoms with Gasteiger partial charge in [0.05, 0.1) is 0 Å². The molecule has 0 radical (unpaired) electrons. The van der Waals surface area contributed by atoms with Crippen molar-refractivity contribution >= 4 is 5.91 Å². The van der Waals surface area contributed by atoms with Gasteiger partial charge in [0.1, 0.15) is 0 Å². The highest BCUT2D eigenvalue weighted by atomic mass is 16.5. The molecule has 1 aliphatic heterocycles. The maximum absolute atomic E-state index is 12.1. The van der Waals surface area contributed by atoms with Crippen LogP contribution in [-0.2, 0) is 24.3 Å². The Balaban J connectivity index is 1.16. The van der Waals surface area contributed by atoms with E-state index in [1.807, 2.05) is 30.3 Å². The van der Waals surface area contributed by atoms with Crippen molar-refractivity contribution in [3.63, 3.8) is 0 Å². The van der Waals surface area contributed by atoms with Gasteiger partial charge in [0, 0.05) is 31.5 Å². The molecule has 1 N–H and O–H groups in total. The summed E-state index contributed by atoms with van der Waals surface area (Å²) in [5.74, 6) is 1.19. The number of hydrogen-bond donors (Lipinski definition) is 1. The normalized spacial score (nSPS) is 14.1. The first-order chi connectivity index (χ1) is 14.8. The first-order valence-electron chi connectivity index (χ1n) is 10.7. The molecule has 3 aromatic rings. The van der Waals surface area contributed by atoms with E-state index in [9.17, 15) is 4.79 Å². The third-order valence-electron chi connectivity index (χ3n) is 5.41. The number of aryl methyl sites for hydroxylation is 1. The molecule has 0 spiro atoms. The summed E-state index contributed by atoms with van der Waals surface area (Å²) in [5, 5.41) is 7.00. The molecular formula is C24H28N4O2. The zero-order valence-corrected chi connectivity index (χ0v) is 17.2. The van der Waals surface area contributed by atoms with Crippen LogP contribution in [0.3, 0.4) is 0 Å². The minimum atomic E-state index is 0.0407. The van der Waals surface area contributed by atoms with Crippen LogP contribution in [0.4, 0.5) is 0 Å². The molecule has 1 aliphatic rings. The standard InChI is InChI=1S/C24H28N4O2/c29-22(9-6-10-23-26-24(27-30-23)21-7-2-1-3-8-21)25-17-19-11-13-20(14-12-19)18-28-15-4-5-16-28/h1-3,7-8,11-14H,4-6,9-10,15-18H2,(H,25,29). The first kappa shape index (κ1) is 20.3. The zero-order valence-electron chi connectivity index (χ0n) is 17.2. The average molecular weight is 405 g/mol. The van der Waals surface area contributed by atoms with E-state index in [1.54, 1.807) is 0 Å². The van der Waals surface area contributed by atoms with E-state index in [-0.39, 0.29) is 5.91 Å². The Hall–Kier alpha value is -2.99. The fourth-order valence-corrected chi connectivity index (χ4v) is 3.71. The van der Waals surface area contributed by atoms with E-state index in [0.29, 0.717) is 37.5 Å². The lowest BCUT2D eigenvalue weighted by Crippen LogP contribution is -2.22. The van der Waals surface area contributed by atoms with Crippen LogP contribution in [0.15, 0.2) is 59.1 Å². The molecule has 30 heavy (non-hydrogen) atoms. The van der Waals surface area contributed by atoms with Crippen molar-refractivity contribution in [3.05, 3.63) is 71.6 Å². The van der Waals surface area contributed by atoms with Gasteiger partial charge in [0.2, 0.25) is 17.6 Å². The number of carbonyl (C=O) groups is 1. The minimum Gasteiger partial charge on any atom is -0.352 e. The molecule has 1 fully saturated rings. The molecule has 0 saturated carbocycles. The summed E-state index contributed by atoms with van der Waals surface area (Å²) in [6.45, 7) is 3.99. The second-order valence-electron chi connectivity index (χ2n) is 7.81. The smallest absolute Gasteiger partial charge is 0.226 e. The Kier molecular flexibility index (Phi) is 6.87. The van der Waals surface area contributed by atoms with Crippen molar-refractivity contribution in [2.75, 3.05) is 13.1 Å². The molecule has 1 aromatic heterocycles. The van der Waals surface area contributed by atoms with Crippen molar-refractivity contribution in [1.29, 1.82) is 0 Å². The molecule has 2 aromatic carbocycles. The highest BCUT2D eigenvalue weighted by molar-refractivity contribution is 5.75. The predicted octanol–water partition coefficient (Wildman–Crippen LogP) is 3.97. The SMILES string of the molecule is O=C(CCCc1nc(-c2ccccc2)no1)NCc1ccc(CN2CCCC2)cc1. The van der Waals surface area contributed by atoms with Gasteiger partial charge in [-0.2, -0.15) is 4.98 Å². The van der Waals surface area contributed by atoms with Crippen molar-refractivity contribution in [2.24, 2.45) is 0 Å². The average Bonchev–Trinajstić information content (AvgIpc) is 3.46. The topological polar surface area (TPSA) is 71.3 Å². The number of aromatic nitrogens is 2. The summed E-state index contributed by atoms with van der Waals surface area (Å²) >= 11 is 0. The Morgan fingerprint density at radius 3 is 2.50 bits per heavy atom. The van der Waals surface area contributed by atoms with Crippen molar-refractivity contribution < 1.29 is 9.32 Å². The maximum Gasteiger partial charge on any atom is 0.226 e. The minimum absolute atomic E-state index is 0.0407. The number of likely N-dealkylation sites (tertiary alicyclic amines) is 1. The van der Waals surface area contributed by atoms with Crippen LogP contribution < -0.4 is 5.32 Å². The fraction of sp³-hybridized carbons (Fsp3) is 0.375. The quantitative estimate of drug-likeness (QED) is 0.584. The highest BCUT2D eigenvalue weighted by Gasteiger charge is 2.12. The van der Waals surface area contributed by atoms with E-state index in [2.05, 4.69) is 44.6 Å². The summed E-state index contributed by atoms with van der Waals surface area (Å²) in [5.41, 5.74) is 3.39. The second kappa shape index (κ2) is 10.2. The Morgan fingerprint density at radius 2 is 1.73 bits per heavy atom. The van der Waals surface area contributed by atoms with Gasteiger partial charge >= 0.3 is 0 Å². The van der Waals surface area contributed by atoms with Crippen LogP contribution >= 0.6 is 0 Å². The number of nitrogens with zero attached hydrogens (tertiary/aromatic N) is 3. The number of nitrogens with one attached hydrogen (secondary N) is 1. The summed E-state index contributed by atoms with van der Waals surface area (Å²) in [6, 6.07) is 18.3. The van der Waals surface area contributed by atoms with Crippen LogP contribution in [0.2, 0.25) is 0 Å². The van der Waals surface area contributed by atoms with E-state index < -0.39 is 0 Å². The molecule has 1 amide bonds. The summed E-state index contributed by atoms with van der Waals surface area (Å²) in [4.78, 5) is 19.0. The number of hydrogen-bond acceptors (Lipinski definition) is 5. The fourth-order valence-electron chi connectivity index (χ4n) is 3.71. The lowest BCUT2D eigenvalue weighted by Gasteiger charge is -2.14. The second-order valence-corrected chi connectivity index (χ2v) is 7.81. The molecule has 0 atom stereocenters. The van der Waals surface area contributed by atoms with Crippen molar-refractivity contribution in [2.45, 2.75) is 45.2 Å². The number of carbonyl (C=O) groups excluding carboxylic acids is 1. The molecule has 156 valence electrons. The Morgan fingerprint density at radius 1 is 1.00 bits per heavy atom. The summed E-state index contributed by atoms with van der Waals surface area (Å²) in [6.07, 6.45) is 4.33. The number of amides is 1. The Labute approximate surface area is 177 Å². The van der Waals surface area contributed by atoms with Gasteiger partial charge < -0.3 is 9.84 Å². The van der Waals surface area contributed by atoms with Gasteiger partial charge in [-0.05, 0) is 43.5 Å². The first-order valence-corrected chi connectivity index (χ1v) is 10.7. The highest BCUT2D eigenvalue weighted by Crippen LogP contribution is 2.16. The van der Waals surface area contributed by atoms with Crippen LogP contribution in [0, 0.1) is 0 Å². The molecule has 0 bridgehead atoms. The van der Waals surface area contributed by atoms with E-state index in [4.69, 9.17) is 4.52 Å². The molecule has 6 nitrogen and oxygen atoms in total. The van der Waals surface area contributed by atoms with E-state index in [0.717, 1.165) is 17.7 Å². The molecule has 6 heteroatoms. The molecular weight excluding hydrogens is 376 g/mol. The lowest BCUT2D eigenvalue weighted by molar-refractivity contribution is -0.121. The largest absolute Gasteiger partial charge is 0.352 e. The maximum atomic E-state index is 12.1. The number of rotatable bonds is 9. The van der Waals surface area contributed by atoms with Gasteiger partial charge in [-0.25, -0.2) is 0 Å². The number of benzene rings is 2. The van der Waals surface area contributed by atoms with Crippen molar-refractivity contribution in [3.8, 4) is 11.4 Å². The van der Waals surface area contributed by atoms with E-state index >= 15 is 0 Å². The molecule has 2 heterocycles. The Bertz CT molecular complexity index is 931.